The maximum Gasteiger partial charge on any atom is 0.310 e. The number of rotatable bonds is 2. The molecule has 66 valence electrons. The third kappa shape index (κ3) is 2.08. The van der Waals surface area contributed by atoms with E-state index in [9.17, 15) is 4.79 Å². The van der Waals surface area contributed by atoms with Crippen LogP contribution in [0.2, 0.25) is 0 Å². The van der Waals surface area contributed by atoms with Crippen LogP contribution in [0.5, 0.6) is 0 Å². The predicted octanol–water partition coefficient (Wildman–Crippen LogP) is 2.08. The van der Waals surface area contributed by atoms with Crippen LogP contribution in [0.25, 0.3) is 0 Å². The van der Waals surface area contributed by atoms with Crippen LogP contribution in [0.1, 0.15) is 15.3 Å². The fraction of sp³-hybridized carbons (Fsp3) is 0.444. The summed E-state index contributed by atoms with van der Waals surface area (Å²) in [5, 5.41) is 0. The molecule has 1 aromatic heterocycles. The van der Waals surface area contributed by atoms with E-state index in [4.69, 9.17) is 0 Å². The van der Waals surface area contributed by atoms with Gasteiger partial charge in [0.15, 0.2) is 0 Å². The second-order valence-electron chi connectivity index (χ2n) is 2.69. The van der Waals surface area contributed by atoms with Gasteiger partial charge in [0.05, 0.1) is 13.5 Å². The van der Waals surface area contributed by atoms with Gasteiger partial charge in [0.2, 0.25) is 0 Å². The zero-order valence-electron chi connectivity index (χ0n) is 7.51. The summed E-state index contributed by atoms with van der Waals surface area (Å²) >= 11 is 1.71. The highest BCUT2D eigenvalue weighted by Crippen LogP contribution is 2.20. The third-order valence-electron chi connectivity index (χ3n) is 1.71. The van der Waals surface area contributed by atoms with Crippen LogP contribution in [0.3, 0.4) is 0 Å². The van der Waals surface area contributed by atoms with Gasteiger partial charge >= 0.3 is 5.97 Å². The highest BCUT2D eigenvalue weighted by molar-refractivity contribution is 7.12. The Kier molecular flexibility index (Phi) is 2.87. The molecule has 0 radical (unpaired) electrons. The maximum atomic E-state index is 10.9. The van der Waals surface area contributed by atoms with Crippen molar-refractivity contribution < 1.29 is 9.53 Å². The lowest BCUT2D eigenvalue weighted by molar-refractivity contribution is -0.139. The lowest BCUT2D eigenvalue weighted by Crippen LogP contribution is -2.04. The summed E-state index contributed by atoms with van der Waals surface area (Å²) in [5.41, 5.74) is 1.09. The summed E-state index contributed by atoms with van der Waals surface area (Å²) < 4.78 is 4.58. The van der Waals surface area contributed by atoms with Crippen LogP contribution >= 0.6 is 11.3 Å². The van der Waals surface area contributed by atoms with E-state index in [1.54, 1.807) is 11.3 Å². The van der Waals surface area contributed by atoms with E-state index in [0.29, 0.717) is 6.42 Å². The van der Waals surface area contributed by atoms with Gasteiger partial charge in [-0.05, 0) is 25.5 Å². The highest BCUT2D eigenvalue weighted by atomic mass is 32.1. The molecule has 0 bridgehead atoms. The minimum absolute atomic E-state index is 0.170. The number of aryl methyl sites for hydroxylation is 2. The van der Waals surface area contributed by atoms with Crippen molar-refractivity contribution in [1.29, 1.82) is 0 Å². The average Bonchev–Trinajstić information content (AvgIpc) is 2.30. The molecule has 0 saturated heterocycles. The molecule has 0 N–H and O–H groups in total. The zero-order chi connectivity index (χ0) is 9.14. The van der Waals surface area contributed by atoms with Gasteiger partial charge in [-0.25, -0.2) is 0 Å². The standard InChI is InChI=1S/C9H12O2S/c1-6-4-8(7(2)12-6)5-9(10)11-3/h4H,5H2,1-3H3. The Morgan fingerprint density at radius 3 is 2.67 bits per heavy atom. The van der Waals surface area contributed by atoms with Crippen LogP contribution in [-0.4, -0.2) is 13.1 Å². The lowest BCUT2D eigenvalue weighted by atomic mass is 10.2. The first-order valence-electron chi connectivity index (χ1n) is 3.76. The van der Waals surface area contributed by atoms with Crippen molar-refractivity contribution in [3.63, 3.8) is 0 Å². The molecule has 0 aliphatic rings. The van der Waals surface area contributed by atoms with Gasteiger partial charge in [-0.3, -0.25) is 4.79 Å². The highest BCUT2D eigenvalue weighted by Gasteiger charge is 2.07. The first kappa shape index (κ1) is 9.26. The second kappa shape index (κ2) is 3.72. The van der Waals surface area contributed by atoms with Crippen LogP contribution in [-0.2, 0) is 16.0 Å². The molecule has 2 nitrogen and oxygen atoms in total. The number of carbonyl (C=O) groups excluding carboxylic acids is 1. The fourth-order valence-corrected chi connectivity index (χ4v) is 2.03. The number of hydrogen-bond donors (Lipinski definition) is 0. The minimum Gasteiger partial charge on any atom is -0.469 e. The monoisotopic (exact) mass is 184 g/mol. The SMILES string of the molecule is COC(=O)Cc1cc(C)sc1C. The molecule has 1 rings (SSSR count). The van der Waals surface area contributed by atoms with Gasteiger partial charge in [-0.2, -0.15) is 0 Å². The van der Waals surface area contributed by atoms with Gasteiger partial charge in [0, 0.05) is 9.75 Å². The van der Waals surface area contributed by atoms with E-state index in [1.807, 2.05) is 19.9 Å². The van der Waals surface area contributed by atoms with Crippen LogP contribution in [0.15, 0.2) is 6.07 Å². The Hall–Kier alpha value is -0.830. The Morgan fingerprint density at radius 1 is 1.58 bits per heavy atom. The fourth-order valence-electron chi connectivity index (χ4n) is 1.09. The molecule has 12 heavy (non-hydrogen) atoms. The van der Waals surface area contributed by atoms with E-state index in [2.05, 4.69) is 4.74 Å². The van der Waals surface area contributed by atoms with E-state index < -0.39 is 0 Å². The summed E-state index contributed by atoms with van der Waals surface area (Å²) in [6.07, 6.45) is 0.396. The number of esters is 1. The van der Waals surface area contributed by atoms with E-state index in [1.165, 1.54) is 16.9 Å². The van der Waals surface area contributed by atoms with Crippen molar-refractivity contribution in [1.82, 2.24) is 0 Å². The molecule has 0 unspecified atom stereocenters. The molecule has 0 aliphatic heterocycles. The molecule has 0 fully saturated rings. The van der Waals surface area contributed by atoms with Gasteiger partial charge < -0.3 is 4.74 Å². The van der Waals surface area contributed by atoms with Crippen LogP contribution < -0.4 is 0 Å². The Morgan fingerprint density at radius 2 is 2.25 bits per heavy atom. The van der Waals surface area contributed by atoms with Crippen molar-refractivity contribution >= 4 is 17.3 Å². The second-order valence-corrected chi connectivity index (χ2v) is 4.15. The van der Waals surface area contributed by atoms with E-state index >= 15 is 0 Å². The van der Waals surface area contributed by atoms with Crippen molar-refractivity contribution in [2.75, 3.05) is 7.11 Å². The summed E-state index contributed by atoms with van der Waals surface area (Å²) in [6, 6.07) is 2.04. The molecule has 1 heterocycles. The molecule has 3 heteroatoms. The summed E-state index contributed by atoms with van der Waals surface area (Å²) in [6.45, 7) is 4.06. The Balaban J connectivity index is 2.75. The molecule has 0 aromatic carbocycles. The molecular formula is C9H12O2S. The van der Waals surface area contributed by atoms with E-state index in [0.717, 1.165) is 5.56 Å². The number of hydrogen-bond acceptors (Lipinski definition) is 3. The number of methoxy groups -OCH3 is 1. The first-order chi connectivity index (χ1) is 5.63. The molecule has 1 aromatic rings. The van der Waals surface area contributed by atoms with E-state index in [-0.39, 0.29) is 5.97 Å². The topological polar surface area (TPSA) is 26.3 Å². The number of thiophene rings is 1. The van der Waals surface area contributed by atoms with Crippen molar-refractivity contribution in [3.05, 3.63) is 21.4 Å². The molecular weight excluding hydrogens is 172 g/mol. The smallest absolute Gasteiger partial charge is 0.310 e. The maximum absolute atomic E-state index is 10.9. The van der Waals surface area contributed by atoms with Gasteiger partial charge in [0.1, 0.15) is 0 Å². The van der Waals surface area contributed by atoms with Crippen molar-refractivity contribution in [3.8, 4) is 0 Å². The third-order valence-corrected chi connectivity index (χ3v) is 2.71. The summed E-state index contributed by atoms with van der Waals surface area (Å²) in [7, 11) is 1.41. The molecule has 0 atom stereocenters. The first-order valence-corrected chi connectivity index (χ1v) is 4.58. The summed E-state index contributed by atoms with van der Waals surface area (Å²) in [5.74, 6) is -0.170. The van der Waals surface area contributed by atoms with Gasteiger partial charge in [0.25, 0.3) is 0 Å². The quantitative estimate of drug-likeness (QED) is 0.658. The minimum atomic E-state index is -0.170. The largest absolute Gasteiger partial charge is 0.469 e. The summed E-state index contributed by atoms with van der Waals surface area (Å²) in [4.78, 5) is 13.4. The number of carbonyl (C=O) groups is 1. The molecule has 0 amide bonds. The Bertz CT molecular complexity index is 289. The lowest BCUT2D eigenvalue weighted by Gasteiger charge is -1.96. The Labute approximate surface area is 76.2 Å². The predicted molar refractivity (Wildman–Crippen MR) is 49.5 cm³/mol. The van der Waals surface area contributed by atoms with Crippen molar-refractivity contribution in [2.24, 2.45) is 0 Å². The van der Waals surface area contributed by atoms with Gasteiger partial charge in [-0.15, -0.1) is 11.3 Å². The normalized spacial score (nSPS) is 9.92. The van der Waals surface area contributed by atoms with Crippen LogP contribution in [0.4, 0.5) is 0 Å². The number of ether oxygens (including phenoxy) is 1. The van der Waals surface area contributed by atoms with Crippen LogP contribution in [0, 0.1) is 13.8 Å². The van der Waals surface area contributed by atoms with Crippen molar-refractivity contribution in [2.45, 2.75) is 20.3 Å². The average molecular weight is 184 g/mol. The molecule has 0 spiro atoms. The molecule has 0 aliphatic carbocycles. The van der Waals surface area contributed by atoms with Gasteiger partial charge in [-0.1, -0.05) is 0 Å². The zero-order valence-corrected chi connectivity index (χ0v) is 8.33. The molecule has 0 saturated carbocycles.